The summed E-state index contributed by atoms with van der Waals surface area (Å²) < 4.78 is 0. The van der Waals surface area contributed by atoms with Crippen LogP contribution in [0.1, 0.15) is 29.4 Å². The Labute approximate surface area is 97.2 Å². The smallest absolute Gasteiger partial charge is 0.116 e. The highest BCUT2D eigenvalue weighted by Gasteiger charge is 2.17. The molecule has 15 heavy (non-hydrogen) atoms. The molecule has 3 nitrogen and oxygen atoms in total. The fourth-order valence-electron chi connectivity index (χ4n) is 1.39. The van der Waals surface area contributed by atoms with E-state index in [4.69, 9.17) is 0 Å². The van der Waals surface area contributed by atoms with Gasteiger partial charge in [0.2, 0.25) is 0 Å². The molecule has 5 heteroatoms. The maximum Gasteiger partial charge on any atom is 0.116 e. The summed E-state index contributed by atoms with van der Waals surface area (Å²) in [5.74, 6) is 0. The van der Waals surface area contributed by atoms with E-state index in [0.717, 1.165) is 22.9 Å². The molecule has 0 fully saturated rings. The minimum atomic E-state index is 0.153. The number of hydrogen-bond acceptors (Lipinski definition) is 5. The van der Waals surface area contributed by atoms with Crippen molar-refractivity contribution in [3.63, 3.8) is 0 Å². The van der Waals surface area contributed by atoms with Gasteiger partial charge in [0.1, 0.15) is 11.0 Å². The van der Waals surface area contributed by atoms with Gasteiger partial charge in [-0.15, -0.1) is 22.7 Å². The summed E-state index contributed by atoms with van der Waals surface area (Å²) in [5, 5.41) is 8.65. The van der Waals surface area contributed by atoms with Crippen LogP contribution in [0.5, 0.6) is 0 Å². The average molecular weight is 239 g/mol. The second kappa shape index (κ2) is 4.83. The van der Waals surface area contributed by atoms with E-state index >= 15 is 0 Å². The third kappa shape index (κ3) is 2.42. The molecule has 0 bridgehead atoms. The predicted molar refractivity (Wildman–Crippen MR) is 64.5 cm³/mol. The number of aryl methyl sites for hydroxylation is 1. The molecule has 0 amide bonds. The number of aromatic nitrogens is 2. The van der Waals surface area contributed by atoms with Crippen LogP contribution >= 0.6 is 22.7 Å². The first-order valence-electron chi connectivity index (χ1n) is 4.84. The summed E-state index contributed by atoms with van der Waals surface area (Å²) in [6.45, 7) is 5.03. The van der Waals surface area contributed by atoms with E-state index in [-0.39, 0.29) is 6.04 Å². The lowest BCUT2D eigenvalue weighted by atomic mass is 10.2. The third-order valence-corrected chi connectivity index (χ3v) is 3.67. The van der Waals surface area contributed by atoms with Gasteiger partial charge in [-0.3, -0.25) is 0 Å². The highest BCUT2D eigenvalue weighted by Crippen LogP contribution is 2.24. The zero-order valence-corrected chi connectivity index (χ0v) is 10.4. The van der Waals surface area contributed by atoms with Crippen molar-refractivity contribution in [3.8, 4) is 0 Å². The number of nitrogens with one attached hydrogen (secondary N) is 1. The van der Waals surface area contributed by atoms with Gasteiger partial charge in [0, 0.05) is 16.5 Å². The molecular formula is C10H13N3S2. The van der Waals surface area contributed by atoms with Crippen LogP contribution in [0.4, 0.5) is 0 Å². The van der Waals surface area contributed by atoms with Gasteiger partial charge < -0.3 is 5.32 Å². The van der Waals surface area contributed by atoms with Crippen molar-refractivity contribution in [2.45, 2.75) is 19.9 Å². The van der Waals surface area contributed by atoms with Gasteiger partial charge in [-0.2, -0.15) is 0 Å². The van der Waals surface area contributed by atoms with E-state index in [1.54, 1.807) is 22.7 Å². The van der Waals surface area contributed by atoms with E-state index in [1.165, 1.54) is 0 Å². The molecule has 0 saturated heterocycles. The van der Waals surface area contributed by atoms with Crippen molar-refractivity contribution >= 4 is 22.7 Å². The summed E-state index contributed by atoms with van der Waals surface area (Å²) >= 11 is 3.31. The van der Waals surface area contributed by atoms with Gasteiger partial charge >= 0.3 is 0 Å². The monoisotopic (exact) mass is 239 g/mol. The molecule has 1 atom stereocenters. The lowest BCUT2D eigenvalue weighted by Gasteiger charge is -2.12. The van der Waals surface area contributed by atoms with Crippen LogP contribution in [-0.2, 0) is 0 Å². The van der Waals surface area contributed by atoms with Gasteiger partial charge in [0.05, 0.1) is 11.2 Å². The maximum atomic E-state index is 4.51. The number of nitrogens with zero attached hydrogens (tertiary/aromatic N) is 2. The second-order valence-corrected chi connectivity index (χ2v) is 4.84. The van der Waals surface area contributed by atoms with E-state index in [1.807, 2.05) is 12.4 Å². The highest BCUT2D eigenvalue weighted by molar-refractivity contribution is 7.09. The lowest BCUT2D eigenvalue weighted by molar-refractivity contribution is 0.614. The molecular weight excluding hydrogens is 226 g/mol. The molecule has 2 aromatic heterocycles. The zero-order valence-electron chi connectivity index (χ0n) is 8.73. The number of rotatable bonds is 4. The highest BCUT2D eigenvalue weighted by atomic mass is 32.1. The minimum Gasteiger partial charge on any atom is -0.303 e. The SMILES string of the molecule is CCNC(c1cscn1)c1nc(C)cs1. The molecule has 80 valence electrons. The fraction of sp³-hybridized carbons (Fsp3) is 0.400. The molecule has 0 aliphatic rings. The zero-order chi connectivity index (χ0) is 10.7. The molecule has 2 aromatic rings. The quantitative estimate of drug-likeness (QED) is 0.891. The van der Waals surface area contributed by atoms with Crippen LogP contribution in [0.25, 0.3) is 0 Å². The van der Waals surface area contributed by atoms with Crippen molar-refractivity contribution in [3.05, 3.63) is 32.7 Å². The van der Waals surface area contributed by atoms with Crippen LogP contribution in [-0.4, -0.2) is 16.5 Å². The van der Waals surface area contributed by atoms with Crippen molar-refractivity contribution in [2.75, 3.05) is 6.54 Å². The first-order chi connectivity index (χ1) is 7.31. The van der Waals surface area contributed by atoms with Crippen molar-refractivity contribution in [2.24, 2.45) is 0 Å². The van der Waals surface area contributed by atoms with E-state index in [2.05, 4.69) is 33.0 Å². The molecule has 2 heterocycles. The van der Waals surface area contributed by atoms with Crippen LogP contribution in [0.3, 0.4) is 0 Å². The normalized spacial score (nSPS) is 12.9. The van der Waals surface area contributed by atoms with Crippen LogP contribution in [0, 0.1) is 6.92 Å². The summed E-state index contributed by atoms with van der Waals surface area (Å²) in [5.41, 5.74) is 4.00. The maximum absolute atomic E-state index is 4.51. The Kier molecular flexibility index (Phi) is 3.45. The van der Waals surface area contributed by atoms with Gasteiger partial charge in [-0.05, 0) is 13.5 Å². The standard InChI is InChI=1S/C10H13N3S2/c1-3-11-9(8-5-14-6-12-8)10-13-7(2)4-15-10/h4-6,9,11H,3H2,1-2H3. The Morgan fingerprint density at radius 3 is 2.87 bits per heavy atom. The lowest BCUT2D eigenvalue weighted by Crippen LogP contribution is -2.22. The van der Waals surface area contributed by atoms with Crippen LogP contribution < -0.4 is 5.32 Å². The van der Waals surface area contributed by atoms with Crippen molar-refractivity contribution < 1.29 is 0 Å². The summed E-state index contributed by atoms with van der Waals surface area (Å²) in [6, 6.07) is 0.153. The van der Waals surface area contributed by atoms with E-state index in [9.17, 15) is 0 Å². The average Bonchev–Trinajstić information content (AvgIpc) is 2.85. The molecule has 1 N–H and O–H groups in total. The Bertz CT molecular complexity index is 408. The van der Waals surface area contributed by atoms with Gasteiger partial charge in [-0.1, -0.05) is 6.92 Å². The molecule has 1 unspecified atom stereocenters. The Morgan fingerprint density at radius 2 is 2.33 bits per heavy atom. The van der Waals surface area contributed by atoms with Crippen molar-refractivity contribution in [1.82, 2.24) is 15.3 Å². The second-order valence-electron chi connectivity index (χ2n) is 3.23. The summed E-state index contributed by atoms with van der Waals surface area (Å²) in [7, 11) is 0. The molecule has 0 radical (unpaired) electrons. The molecule has 2 rings (SSSR count). The van der Waals surface area contributed by atoms with Crippen molar-refractivity contribution in [1.29, 1.82) is 0 Å². The molecule has 0 spiro atoms. The molecule has 0 aliphatic heterocycles. The summed E-state index contributed by atoms with van der Waals surface area (Å²) in [6.07, 6.45) is 0. The van der Waals surface area contributed by atoms with Crippen LogP contribution in [0.2, 0.25) is 0 Å². The largest absolute Gasteiger partial charge is 0.303 e. The van der Waals surface area contributed by atoms with E-state index in [0.29, 0.717) is 0 Å². The first kappa shape index (κ1) is 10.7. The predicted octanol–water partition coefficient (Wildman–Crippen LogP) is 2.61. The number of thiazole rings is 2. The third-order valence-electron chi connectivity index (χ3n) is 2.04. The number of hydrogen-bond donors (Lipinski definition) is 1. The Hall–Kier alpha value is -0.780. The van der Waals surface area contributed by atoms with E-state index < -0.39 is 0 Å². The van der Waals surface area contributed by atoms with Gasteiger partial charge in [0.15, 0.2) is 0 Å². The minimum absolute atomic E-state index is 0.153. The Morgan fingerprint density at radius 1 is 1.47 bits per heavy atom. The fourth-order valence-corrected chi connectivity index (χ4v) is 2.85. The Balaban J connectivity index is 2.27. The molecule has 0 saturated carbocycles. The first-order valence-corrected chi connectivity index (χ1v) is 6.67. The van der Waals surface area contributed by atoms with Gasteiger partial charge in [-0.25, -0.2) is 9.97 Å². The van der Waals surface area contributed by atoms with Crippen LogP contribution in [0.15, 0.2) is 16.3 Å². The summed E-state index contributed by atoms with van der Waals surface area (Å²) in [4.78, 5) is 8.85. The molecule has 0 aromatic carbocycles. The molecule has 0 aliphatic carbocycles. The van der Waals surface area contributed by atoms with Gasteiger partial charge in [0.25, 0.3) is 0 Å². The topological polar surface area (TPSA) is 37.8 Å².